The largest absolute Gasteiger partial charge is 0.479 e. The SMILES string of the molecule is CC1C2CCC(CC1Oc1sc(Cl)cc1Br)N2. The van der Waals surface area contributed by atoms with Gasteiger partial charge in [0, 0.05) is 18.0 Å². The summed E-state index contributed by atoms with van der Waals surface area (Å²) in [7, 11) is 0. The lowest BCUT2D eigenvalue weighted by Gasteiger charge is -2.35. The van der Waals surface area contributed by atoms with Gasteiger partial charge in [-0.3, -0.25) is 0 Å². The van der Waals surface area contributed by atoms with Gasteiger partial charge in [-0.05, 0) is 41.3 Å². The molecule has 1 N–H and O–H groups in total. The number of fused-ring (bicyclic) bond motifs is 2. The van der Waals surface area contributed by atoms with Crippen LogP contribution in [0.5, 0.6) is 5.06 Å². The molecule has 5 heteroatoms. The van der Waals surface area contributed by atoms with Gasteiger partial charge in [-0.15, -0.1) is 0 Å². The van der Waals surface area contributed by atoms with Gasteiger partial charge in [0.05, 0.1) is 8.81 Å². The first-order valence-corrected chi connectivity index (χ1v) is 8.00. The Morgan fingerprint density at radius 1 is 1.53 bits per heavy atom. The van der Waals surface area contributed by atoms with E-state index in [1.807, 2.05) is 6.07 Å². The molecular weight excluding hydrogens is 322 g/mol. The van der Waals surface area contributed by atoms with E-state index in [0.29, 0.717) is 24.1 Å². The average molecular weight is 337 g/mol. The standard InChI is InChI=1S/C12H15BrClNOS/c1-6-9-3-2-7(15-9)4-10(6)16-12-8(13)5-11(14)17-12/h5-7,9-10,15H,2-4H2,1H3. The Bertz CT molecular complexity index is 425. The Morgan fingerprint density at radius 2 is 2.35 bits per heavy atom. The maximum absolute atomic E-state index is 6.15. The van der Waals surface area contributed by atoms with E-state index in [9.17, 15) is 0 Å². The van der Waals surface area contributed by atoms with Crippen molar-refractivity contribution in [1.82, 2.24) is 5.32 Å². The number of ether oxygens (including phenoxy) is 1. The summed E-state index contributed by atoms with van der Waals surface area (Å²) in [4.78, 5) is 0. The molecule has 17 heavy (non-hydrogen) atoms. The lowest BCUT2D eigenvalue weighted by molar-refractivity contribution is 0.0862. The molecule has 3 rings (SSSR count). The molecule has 0 aliphatic carbocycles. The third kappa shape index (κ3) is 2.37. The number of rotatable bonds is 2. The highest BCUT2D eigenvalue weighted by atomic mass is 79.9. The van der Waals surface area contributed by atoms with Crippen molar-refractivity contribution in [2.75, 3.05) is 0 Å². The average Bonchev–Trinajstić information content (AvgIpc) is 2.81. The second kappa shape index (κ2) is 4.72. The highest BCUT2D eigenvalue weighted by Crippen LogP contribution is 2.41. The number of thiophene rings is 1. The molecule has 1 aromatic heterocycles. The van der Waals surface area contributed by atoms with Crippen molar-refractivity contribution in [3.8, 4) is 5.06 Å². The van der Waals surface area contributed by atoms with Crippen LogP contribution in [-0.2, 0) is 0 Å². The number of hydrogen-bond donors (Lipinski definition) is 1. The first kappa shape index (κ1) is 12.3. The Hall–Kier alpha value is 0.230. The number of halogens is 2. The van der Waals surface area contributed by atoms with Crippen molar-refractivity contribution in [3.05, 3.63) is 14.9 Å². The molecule has 2 bridgehead atoms. The van der Waals surface area contributed by atoms with Crippen molar-refractivity contribution in [2.24, 2.45) is 5.92 Å². The first-order valence-electron chi connectivity index (χ1n) is 6.01. The van der Waals surface area contributed by atoms with Crippen LogP contribution in [0.2, 0.25) is 4.34 Å². The summed E-state index contributed by atoms with van der Waals surface area (Å²) in [5, 5.41) is 4.59. The van der Waals surface area contributed by atoms with Crippen LogP contribution in [0, 0.1) is 5.92 Å². The highest BCUT2D eigenvalue weighted by Gasteiger charge is 2.40. The smallest absolute Gasteiger partial charge is 0.189 e. The van der Waals surface area contributed by atoms with E-state index in [1.165, 1.54) is 24.2 Å². The lowest BCUT2D eigenvalue weighted by atomic mass is 9.91. The van der Waals surface area contributed by atoms with Crippen LogP contribution >= 0.6 is 38.9 Å². The first-order chi connectivity index (χ1) is 8.13. The van der Waals surface area contributed by atoms with Crippen LogP contribution in [0.3, 0.4) is 0 Å². The van der Waals surface area contributed by atoms with Gasteiger partial charge in [-0.2, -0.15) is 0 Å². The Morgan fingerprint density at radius 3 is 3.06 bits per heavy atom. The lowest BCUT2D eigenvalue weighted by Crippen LogP contribution is -2.48. The molecule has 2 fully saturated rings. The second-order valence-corrected chi connectivity index (χ2v) is 7.48. The van der Waals surface area contributed by atoms with Gasteiger partial charge < -0.3 is 10.1 Å². The van der Waals surface area contributed by atoms with E-state index in [2.05, 4.69) is 28.2 Å². The Balaban J connectivity index is 1.75. The molecule has 0 saturated carbocycles. The number of piperidine rings is 1. The van der Waals surface area contributed by atoms with Gasteiger partial charge in [-0.25, -0.2) is 0 Å². The van der Waals surface area contributed by atoms with Gasteiger partial charge in [0.2, 0.25) is 0 Å². The van der Waals surface area contributed by atoms with Crippen molar-refractivity contribution in [1.29, 1.82) is 0 Å². The van der Waals surface area contributed by atoms with Crippen molar-refractivity contribution < 1.29 is 4.74 Å². The molecule has 4 unspecified atom stereocenters. The van der Waals surface area contributed by atoms with E-state index in [-0.39, 0.29) is 0 Å². The van der Waals surface area contributed by atoms with Gasteiger partial charge in [-0.1, -0.05) is 29.9 Å². The fourth-order valence-electron chi connectivity index (χ4n) is 2.90. The highest BCUT2D eigenvalue weighted by molar-refractivity contribution is 9.10. The zero-order valence-electron chi connectivity index (χ0n) is 9.58. The quantitative estimate of drug-likeness (QED) is 0.879. The summed E-state index contributed by atoms with van der Waals surface area (Å²) in [6.07, 6.45) is 4.01. The number of nitrogens with one attached hydrogen (secondary N) is 1. The number of hydrogen-bond acceptors (Lipinski definition) is 3. The van der Waals surface area contributed by atoms with Gasteiger partial charge in [0.15, 0.2) is 5.06 Å². The van der Waals surface area contributed by atoms with Crippen LogP contribution in [0.15, 0.2) is 10.5 Å². The molecular formula is C12H15BrClNOS. The van der Waals surface area contributed by atoms with E-state index >= 15 is 0 Å². The molecule has 0 amide bonds. The fourth-order valence-corrected chi connectivity index (χ4v) is 4.75. The van der Waals surface area contributed by atoms with Crippen LogP contribution in [-0.4, -0.2) is 18.2 Å². The van der Waals surface area contributed by atoms with E-state index in [1.54, 1.807) is 0 Å². The molecule has 0 radical (unpaired) electrons. The molecule has 94 valence electrons. The summed E-state index contributed by atoms with van der Waals surface area (Å²) < 4.78 is 7.90. The van der Waals surface area contributed by atoms with Gasteiger partial charge in [0.25, 0.3) is 0 Å². The Kier molecular flexibility index (Phi) is 3.41. The summed E-state index contributed by atoms with van der Waals surface area (Å²) in [5.41, 5.74) is 0. The molecule has 2 aliphatic heterocycles. The van der Waals surface area contributed by atoms with Crippen molar-refractivity contribution in [2.45, 2.75) is 44.4 Å². The fraction of sp³-hybridized carbons (Fsp3) is 0.667. The maximum Gasteiger partial charge on any atom is 0.189 e. The minimum Gasteiger partial charge on any atom is -0.479 e. The van der Waals surface area contributed by atoms with Gasteiger partial charge in [0.1, 0.15) is 6.10 Å². The molecule has 1 aromatic rings. The van der Waals surface area contributed by atoms with Crippen molar-refractivity contribution in [3.63, 3.8) is 0 Å². The van der Waals surface area contributed by atoms with E-state index in [4.69, 9.17) is 16.3 Å². The molecule has 0 aromatic carbocycles. The third-order valence-corrected chi connectivity index (χ3v) is 5.90. The van der Waals surface area contributed by atoms with Gasteiger partial charge >= 0.3 is 0 Å². The molecule has 4 atom stereocenters. The summed E-state index contributed by atoms with van der Waals surface area (Å²) in [6.45, 7) is 2.28. The Labute approximate surface area is 119 Å². The van der Waals surface area contributed by atoms with Crippen LogP contribution in [0.25, 0.3) is 0 Å². The molecule has 3 heterocycles. The minimum absolute atomic E-state index is 0.319. The third-order valence-electron chi connectivity index (χ3n) is 3.90. The van der Waals surface area contributed by atoms with Crippen LogP contribution in [0.1, 0.15) is 26.2 Å². The zero-order chi connectivity index (χ0) is 12.0. The molecule has 0 spiro atoms. The van der Waals surface area contributed by atoms with E-state index in [0.717, 1.165) is 20.3 Å². The maximum atomic E-state index is 6.15. The summed E-state index contributed by atoms with van der Waals surface area (Å²) in [5.74, 6) is 0.571. The predicted octanol–water partition coefficient (Wildman–Crippen LogP) is 4.07. The summed E-state index contributed by atoms with van der Waals surface area (Å²) in [6, 6.07) is 3.19. The van der Waals surface area contributed by atoms with Crippen LogP contribution in [0.4, 0.5) is 0 Å². The second-order valence-electron chi connectivity index (χ2n) is 4.98. The predicted molar refractivity (Wildman–Crippen MR) is 75.2 cm³/mol. The topological polar surface area (TPSA) is 21.3 Å². The normalized spacial score (nSPS) is 36.2. The minimum atomic E-state index is 0.319. The molecule has 2 aliphatic rings. The van der Waals surface area contributed by atoms with Crippen LogP contribution < -0.4 is 10.1 Å². The molecule has 2 saturated heterocycles. The monoisotopic (exact) mass is 335 g/mol. The zero-order valence-corrected chi connectivity index (χ0v) is 12.7. The van der Waals surface area contributed by atoms with E-state index < -0.39 is 0 Å². The summed E-state index contributed by atoms with van der Waals surface area (Å²) >= 11 is 11.0. The molecule has 2 nitrogen and oxygen atoms in total. The van der Waals surface area contributed by atoms with Crippen molar-refractivity contribution >= 4 is 38.9 Å².